The summed E-state index contributed by atoms with van der Waals surface area (Å²) in [5.74, 6) is -1.15. The number of hydrogen-bond donors (Lipinski definition) is 3. The number of rotatable bonds is 7. The standard InChI is InChI=1S/C13H17NO5S/c15-13(14-16)9-8-12(7-4-10-20(17,18)19)11-5-2-1-3-6-11/h1-3,5-6,8-9,12,16H,4,7,10H2,(H,14,15)(H,17,18,19). The first-order valence-corrected chi connectivity index (χ1v) is 7.65. The van der Waals surface area contributed by atoms with E-state index in [4.69, 9.17) is 9.76 Å². The van der Waals surface area contributed by atoms with Crippen molar-refractivity contribution in [2.75, 3.05) is 5.75 Å². The molecule has 0 radical (unpaired) electrons. The van der Waals surface area contributed by atoms with E-state index >= 15 is 0 Å². The lowest BCUT2D eigenvalue weighted by Crippen LogP contribution is -2.15. The third-order valence-corrected chi connectivity index (χ3v) is 3.54. The summed E-state index contributed by atoms with van der Waals surface area (Å²) in [6.07, 6.45) is 3.50. The van der Waals surface area contributed by atoms with Gasteiger partial charge < -0.3 is 0 Å². The highest BCUT2D eigenvalue weighted by atomic mass is 32.2. The number of allylic oxidation sites excluding steroid dienone is 1. The normalized spacial score (nSPS) is 13.3. The maximum absolute atomic E-state index is 11.0. The van der Waals surface area contributed by atoms with Crippen LogP contribution in [0.15, 0.2) is 42.5 Å². The molecule has 1 unspecified atom stereocenters. The molecular weight excluding hydrogens is 282 g/mol. The number of hydrogen-bond acceptors (Lipinski definition) is 4. The molecule has 1 rings (SSSR count). The summed E-state index contributed by atoms with van der Waals surface area (Å²) in [5, 5.41) is 8.44. The van der Waals surface area contributed by atoms with E-state index < -0.39 is 16.0 Å². The minimum absolute atomic E-state index is 0.171. The summed E-state index contributed by atoms with van der Waals surface area (Å²) in [7, 11) is -3.98. The third-order valence-electron chi connectivity index (χ3n) is 2.74. The van der Waals surface area contributed by atoms with Gasteiger partial charge in [-0.3, -0.25) is 14.6 Å². The summed E-state index contributed by atoms with van der Waals surface area (Å²) >= 11 is 0. The lowest BCUT2D eigenvalue weighted by molar-refractivity contribution is -0.124. The highest BCUT2D eigenvalue weighted by Gasteiger charge is 2.11. The van der Waals surface area contributed by atoms with Crippen LogP contribution in [0.5, 0.6) is 0 Å². The summed E-state index contributed by atoms with van der Waals surface area (Å²) in [6, 6.07) is 9.25. The van der Waals surface area contributed by atoms with Crippen molar-refractivity contribution >= 4 is 16.0 Å². The van der Waals surface area contributed by atoms with Crippen molar-refractivity contribution in [2.45, 2.75) is 18.8 Å². The number of carbonyl (C=O) groups excluding carboxylic acids is 1. The molecule has 0 aliphatic heterocycles. The van der Waals surface area contributed by atoms with Crippen molar-refractivity contribution in [3.63, 3.8) is 0 Å². The Kier molecular flexibility index (Phi) is 6.37. The van der Waals surface area contributed by atoms with Crippen LogP contribution in [0.25, 0.3) is 0 Å². The summed E-state index contributed by atoms with van der Waals surface area (Å²) in [4.78, 5) is 11.0. The molecule has 6 nitrogen and oxygen atoms in total. The van der Waals surface area contributed by atoms with Crippen LogP contribution in [0.4, 0.5) is 0 Å². The Morgan fingerprint density at radius 1 is 1.30 bits per heavy atom. The second-order valence-electron chi connectivity index (χ2n) is 4.28. The number of amides is 1. The molecule has 0 saturated heterocycles. The number of carbonyl (C=O) groups is 1. The Balaban J connectivity index is 2.75. The Hall–Kier alpha value is -1.70. The lowest BCUT2D eigenvalue weighted by Gasteiger charge is -2.12. The first-order valence-electron chi connectivity index (χ1n) is 6.05. The maximum Gasteiger partial charge on any atom is 0.267 e. The molecule has 0 spiro atoms. The predicted octanol–water partition coefficient (Wildman–Crippen LogP) is 1.50. The monoisotopic (exact) mass is 299 g/mol. The van der Waals surface area contributed by atoms with Gasteiger partial charge in [0.15, 0.2) is 0 Å². The fourth-order valence-electron chi connectivity index (χ4n) is 1.80. The van der Waals surface area contributed by atoms with Gasteiger partial charge in [-0.25, -0.2) is 5.48 Å². The molecule has 1 atom stereocenters. The Morgan fingerprint density at radius 2 is 1.95 bits per heavy atom. The highest BCUT2D eigenvalue weighted by Crippen LogP contribution is 2.22. The zero-order chi connectivity index (χ0) is 15.0. The highest BCUT2D eigenvalue weighted by molar-refractivity contribution is 7.85. The van der Waals surface area contributed by atoms with Crippen LogP contribution in [0.1, 0.15) is 24.3 Å². The van der Waals surface area contributed by atoms with Crippen molar-refractivity contribution in [1.29, 1.82) is 0 Å². The molecule has 1 amide bonds. The zero-order valence-electron chi connectivity index (χ0n) is 10.8. The smallest absolute Gasteiger partial charge is 0.267 e. The molecule has 0 bridgehead atoms. The van der Waals surface area contributed by atoms with Crippen molar-refractivity contribution in [1.82, 2.24) is 5.48 Å². The maximum atomic E-state index is 11.0. The molecular formula is C13H17NO5S. The minimum Gasteiger partial charge on any atom is -0.288 e. The van der Waals surface area contributed by atoms with Gasteiger partial charge in [-0.2, -0.15) is 8.42 Å². The fourth-order valence-corrected chi connectivity index (χ4v) is 2.33. The third kappa shape index (κ3) is 6.46. The Morgan fingerprint density at radius 3 is 2.50 bits per heavy atom. The van der Waals surface area contributed by atoms with Crippen molar-refractivity contribution in [3.8, 4) is 0 Å². The first-order chi connectivity index (χ1) is 9.42. The van der Waals surface area contributed by atoms with Crippen molar-refractivity contribution in [2.24, 2.45) is 0 Å². The summed E-state index contributed by atoms with van der Waals surface area (Å²) in [6.45, 7) is 0. The second-order valence-corrected chi connectivity index (χ2v) is 5.85. The van der Waals surface area contributed by atoms with E-state index in [0.717, 1.165) is 5.56 Å². The van der Waals surface area contributed by atoms with Gasteiger partial charge in [-0.05, 0) is 18.4 Å². The van der Waals surface area contributed by atoms with Crippen LogP contribution < -0.4 is 5.48 Å². The Bertz CT molecular complexity index is 553. The molecule has 0 aromatic heterocycles. The van der Waals surface area contributed by atoms with Gasteiger partial charge in [0.2, 0.25) is 0 Å². The topological polar surface area (TPSA) is 104 Å². The molecule has 3 N–H and O–H groups in total. The van der Waals surface area contributed by atoms with E-state index in [0.29, 0.717) is 6.42 Å². The van der Waals surface area contributed by atoms with E-state index in [1.807, 2.05) is 30.3 Å². The average molecular weight is 299 g/mol. The van der Waals surface area contributed by atoms with E-state index in [9.17, 15) is 13.2 Å². The van der Waals surface area contributed by atoms with E-state index in [-0.39, 0.29) is 18.1 Å². The molecule has 7 heteroatoms. The fraction of sp³-hybridized carbons (Fsp3) is 0.308. The van der Waals surface area contributed by atoms with Crippen LogP contribution in [-0.2, 0) is 14.9 Å². The van der Waals surface area contributed by atoms with Crippen molar-refractivity contribution in [3.05, 3.63) is 48.0 Å². The van der Waals surface area contributed by atoms with Gasteiger partial charge >= 0.3 is 0 Å². The molecule has 110 valence electrons. The molecule has 0 aliphatic rings. The van der Waals surface area contributed by atoms with Gasteiger partial charge in [0, 0.05) is 12.0 Å². The first kappa shape index (κ1) is 16.4. The zero-order valence-corrected chi connectivity index (χ0v) is 11.6. The van der Waals surface area contributed by atoms with Crippen LogP contribution >= 0.6 is 0 Å². The molecule has 0 heterocycles. The number of nitrogens with one attached hydrogen (secondary N) is 1. The number of hydroxylamine groups is 1. The van der Waals surface area contributed by atoms with Gasteiger partial charge in [-0.1, -0.05) is 36.4 Å². The largest absolute Gasteiger partial charge is 0.288 e. The van der Waals surface area contributed by atoms with E-state index in [2.05, 4.69) is 0 Å². The molecule has 1 aromatic rings. The van der Waals surface area contributed by atoms with Gasteiger partial charge in [0.25, 0.3) is 16.0 Å². The van der Waals surface area contributed by atoms with Gasteiger partial charge in [0.1, 0.15) is 0 Å². The predicted molar refractivity (Wildman–Crippen MR) is 73.9 cm³/mol. The van der Waals surface area contributed by atoms with Gasteiger partial charge in [0.05, 0.1) is 5.75 Å². The molecule has 0 aliphatic carbocycles. The van der Waals surface area contributed by atoms with Crippen molar-refractivity contribution < 1.29 is 23.0 Å². The molecule has 20 heavy (non-hydrogen) atoms. The van der Waals surface area contributed by atoms with Crippen LogP contribution in [0.2, 0.25) is 0 Å². The average Bonchev–Trinajstić information content (AvgIpc) is 2.42. The summed E-state index contributed by atoms with van der Waals surface area (Å²) < 4.78 is 30.1. The van der Waals surface area contributed by atoms with Crippen LogP contribution in [-0.4, -0.2) is 29.8 Å². The second kappa shape index (κ2) is 7.78. The lowest BCUT2D eigenvalue weighted by atomic mass is 9.94. The SMILES string of the molecule is O=C(C=CC(CCCS(=O)(=O)O)c1ccccc1)NO. The quantitative estimate of drug-likeness (QED) is 0.306. The Labute approximate surface area is 117 Å². The van der Waals surface area contributed by atoms with Crippen LogP contribution in [0.3, 0.4) is 0 Å². The van der Waals surface area contributed by atoms with E-state index in [1.54, 1.807) is 6.08 Å². The van der Waals surface area contributed by atoms with Gasteiger partial charge in [-0.15, -0.1) is 0 Å². The van der Waals surface area contributed by atoms with E-state index in [1.165, 1.54) is 11.6 Å². The van der Waals surface area contributed by atoms with Crippen LogP contribution in [0, 0.1) is 0 Å². The summed E-state index contributed by atoms with van der Waals surface area (Å²) in [5.41, 5.74) is 2.41. The molecule has 0 fully saturated rings. The minimum atomic E-state index is -3.98. The number of benzene rings is 1. The molecule has 0 saturated carbocycles. The molecule has 1 aromatic carbocycles.